The molecule has 0 aromatic rings. The van der Waals surface area contributed by atoms with Crippen LogP contribution in [-0.2, 0) is 9.53 Å². The minimum Gasteiger partial charge on any atom is -0.459 e. The van der Waals surface area contributed by atoms with Gasteiger partial charge < -0.3 is 4.74 Å². The second-order valence-corrected chi connectivity index (χ2v) is 8.75. The minimum atomic E-state index is -0.376. The Morgan fingerprint density at radius 1 is 1.30 bits per heavy atom. The van der Waals surface area contributed by atoms with Crippen LogP contribution in [0.15, 0.2) is 12.2 Å². The first-order chi connectivity index (χ1) is 9.32. The Labute approximate surface area is 122 Å². The van der Waals surface area contributed by atoms with Crippen molar-refractivity contribution in [1.29, 1.82) is 0 Å². The minimum absolute atomic E-state index is 0.0519. The Morgan fingerprint density at radius 3 is 2.75 bits per heavy atom. The van der Waals surface area contributed by atoms with Gasteiger partial charge in [-0.1, -0.05) is 19.1 Å². The van der Waals surface area contributed by atoms with Crippen molar-refractivity contribution in [2.24, 2.45) is 40.9 Å². The number of carbonyl (C=O) groups is 1. The van der Waals surface area contributed by atoms with Gasteiger partial charge in [0.25, 0.3) is 0 Å². The summed E-state index contributed by atoms with van der Waals surface area (Å²) in [6.45, 7) is 8.33. The summed E-state index contributed by atoms with van der Waals surface area (Å²) >= 11 is 0. The van der Waals surface area contributed by atoms with Crippen LogP contribution in [0.25, 0.3) is 0 Å². The van der Waals surface area contributed by atoms with Gasteiger partial charge in [-0.2, -0.15) is 0 Å². The number of hydrogen-bond donors (Lipinski definition) is 0. The maximum absolute atomic E-state index is 12.9. The number of allylic oxidation sites excluding steroid dienone is 1. The summed E-state index contributed by atoms with van der Waals surface area (Å²) in [4.78, 5) is 12.9. The van der Waals surface area contributed by atoms with Crippen molar-refractivity contribution >= 4 is 5.97 Å². The molecule has 0 aliphatic heterocycles. The van der Waals surface area contributed by atoms with Gasteiger partial charge in [-0.25, -0.2) is 0 Å². The van der Waals surface area contributed by atoms with Crippen LogP contribution in [0.2, 0.25) is 0 Å². The van der Waals surface area contributed by atoms with Gasteiger partial charge in [0, 0.05) is 0 Å². The van der Waals surface area contributed by atoms with Crippen LogP contribution in [0.5, 0.6) is 0 Å². The lowest BCUT2D eigenvalue weighted by Crippen LogP contribution is -2.43. The van der Waals surface area contributed by atoms with E-state index >= 15 is 0 Å². The quantitative estimate of drug-likeness (QED) is 0.413. The van der Waals surface area contributed by atoms with E-state index in [1.165, 1.54) is 12.8 Å². The molecule has 7 unspecified atom stereocenters. The van der Waals surface area contributed by atoms with Crippen molar-refractivity contribution in [3.8, 4) is 0 Å². The molecule has 0 amide bonds. The molecule has 0 aromatic carbocycles. The molecular formula is C18H26O2. The van der Waals surface area contributed by atoms with E-state index in [0.717, 1.165) is 30.1 Å². The fourth-order valence-corrected chi connectivity index (χ4v) is 6.06. The number of ether oxygens (including phenoxy) is 1. The smallest absolute Gasteiger partial charge is 0.316 e. The molecule has 0 radical (unpaired) electrons. The van der Waals surface area contributed by atoms with Gasteiger partial charge in [-0.3, -0.25) is 4.79 Å². The van der Waals surface area contributed by atoms with Gasteiger partial charge in [-0.05, 0) is 75.5 Å². The molecule has 7 atom stereocenters. The Hall–Kier alpha value is -0.790. The normalized spacial score (nSPS) is 51.6. The van der Waals surface area contributed by atoms with Crippen LogP contribution in [0.4, 0.5) is 0 Å². The molecule has 20 heavy (non-hydrogen) atoms. The molecule has 110 valence electrons. The summed E-state index contributed by atoms with van der Waals surface area (Å²) in [6, 6.07) is 0. The molecule has 4 aliphatic rings. The Morgan fingerprint density at radius 2 is 2.05 bits per heavy atom. The van der Waals surface area contributed by atoms with Gasteiger partial charge in [-0.15, -0.1) is 0 Å². The summed E-state index contributed by atoms with van der Waals surface area (Å²) in [5.41, 5.74) is -0.657. The molecule has 4 rings (SSSR count). The molecule has 2 nitrogen and oxygen atoms in total. The standard InChI is InChI=1S/C18H26O2/c1-10-7-12-8-13(10)15-14(12)11-5-6-18(15,9-11)16(19)20-17(2,3)4/h5-6,10-15H,7-9H2,1-4H3. The van der Waals surface area contributed by atoms with Crippen molar-refractivity contribution < 1.29 is 9.53 Å². The van der Waals surface area contributed by atoms with E-state index in [1.54, 1.807) is 0 Å². The lowest BCUT2D eigenvalue weighted by molar-refractivity contribution is -0.168. The zero-order valence-corrected chi connectivity index (χ0v) is 13.1. The number of esters is 1. The number of carbonyl (C=O) groups excluding carboxylic acids is 1. The molecule has 0 N–H and O–H groups in total. The largest absolute Gasteiger partial charge is 0.459 e. The van der Waals surface area contributed by atoms with Crippen molar-refractivity contribution in [1.82, 2.24) is 0 Å². The molecule has 3 fully saturated rings. The second-order valence-electron chi connectivity index (χ2n) is 8.75. The van der Waals surface area contributed by atoms with E-state index in [2.05, 4.69) is 19.1 Å². The number of fused-ring (bicyclic) bond motifs is 9. The fraction of sp³-hybridized carbons (Fsp3) is 0.833. The third-order valence-electron chi connectivity index (χ3n) is 6.48. The summed E-state index contributed by atoms with van der Waals surface area (Å²) in [5.74, 6) is 4.47. The highest BCUT2D eigenvalue weighted by Crippen LogP contribution is 2.71. The van der Waals surface area contributed by atoms with E-state index in [4.69, 9.17) is 4.74 Å². The Balaban J connectivity index is 1.68. The Kier molecular flexibility index (Phi) is 2.39. The van der Waals surface area contributed by atoms with Crippen LogP contribution < -0.4 is 0 Å². The summed E-state index contributed by atoms with van der Waals surface area (Å²) < 4.78 is 5.80. The molecule has 0 spiro atoms. The van der Waals surface area contributed by atoms with Gasteiger partial charge in [0.05, 0.1) is 5.41 Å². The van der Waals surface area contributed by atoms with Gasteiger partial charge in [0.2, 0.25) is 0 Å². The molecule has 2 heteroatoms. The first-order valence-electron chi connectivity index (χ1n) is 8.25. The van der Waals surface area contributed by atoms with Crippen LogP contribution in [0, 0.1) is 40.9 Å². The van der Waals surface area contributed by atoms with Gasteiger partial charge >= 0.3 is 5.97 Å². The van der Waals surface area contributed by atoms with E-state index in [1.807, 2.05) is 20.8 Å². The summed E-state index contributed by atoms with van der Waals surface area (Å²) in [6.07, 6.45) is 8.33. The third kappa shape index (κ3) is 1.48. The molecule has 0 aromatic heterocycles. The zero-order chi connectivity index (χ0) is 14.3. The third-order valence-corrected chi connectivity index (χ3v) is 6.48. The average Bonchev–Trinajstić information content (AvgIpc) is 3.02. The van der Waals surface area contributed by atoms with E-state index in [-0.39, 0.29) is 17.0 Å². The van der Waals surface area contributed by atoms with Crippen LogP contribution in [0.3, 0.4) is 0 Å². The van der Waals surface area contributed by atoms with Crippen molar-refractivity contribution in [2.45, 2.75) is 52.6 Å². The highest BCUT2D eigenvalue weighted by Gasteiger charge is 2.69. The first kappa shape index (κ1) is 12.9. The number of rotatable bonds is 1. The average molecular weight is 274 g/mol. The summed E-state index contributed by atoms with van der Waals surface area (Å²) in [7, 11) is 0. The second kappa shape index (κ2) is 3.69. The zero-order valence-electron chi connectivity index (χ0n) is 13.1. The number of hydrogen-bond acceptors (Lipinski definition) is 2. The van der Waals surface area contributed by atoms with E-state index in [0.29, 0.717) is 11.8 Å². The van der Waals surface area contributed by atoms with Crippen LogP contribution >= 0.6 is 0 Å². The lowest BCUT2D eigenvalue weighted by atomic mass is 9.64. The monoisotopic (exact) mass is 274 g/mol. The first-order valence-corrected chi connectivity index (χ1v) is 8.25. The van der Waals surface area contributed by atoms with Crippen molar-refractivity contribution in [3.63, 3.8) is 0 Å². The van der Waals surface area contributed by atoms with Gasteiger partial charge in [0.1, 0.15) is 5.60 Å². The highest BCUT2D eigenvalue weighted by molar-refractivity contribution is 5.82. The molecule has 0 heterocycles. The SMILES string of the molecule is CC1CC2CC1C1C2C2C=CC1(C(=O)OC(C)(C)C)C2. The van der Waals surface area contributed by atoms with Crippen molar-refractivity contribution in [2.75, 3.05) is 0 Å². The highest BCUT2D eigenvalue weighted by atomic mass is 16.6. The lowest BCUT2D eigenvalue weighted by Gasteiger charge is -2.41. The predicted octanol–water partition coefficient (Wildman–Crippen LogP) is 3.81. The van der Waals surface area contributed by atoms with Crippen LogP contribution in [0.1, 0.15) is 47.0 Å². The Bertz CT molecular complexity index is 486. The topological polar surface area (TPSA) is 26.3 Å². The fourth-order valence-electron chi connectivity index (χ4n) is 6.06. The van der Waals surface area contributed by atoms with E-state index in [9.17, 15) is 4.79 Å². The maximum Gasteiger partial charge on any atom is 0.316 e. The maximum atomic E-state index is 12.9. The predicted molar refractivity (Wildman–Crippen MR) is 77.9 cm³/mol. The molecule has 4 aliphatic carbocycles. The molecule has 4 bridgehead atoms. The summed E-state index contributed by atoms with van der Waals surface area (Å²) in [5, 5.41) is 0. The molecular weight excluding hydrogens is 248 g/mol. The van der Waals surface area contributed by atoms with Crippen molar-refractivity contribution in [3.05, 3.63) is 12.2 Å². The molecule has 0 saturated heterocycles. The van der Waals surface area contributed by atoms with Gasteiger partial charge in [0.15, 0.2) is 0 Å². The molecule has 3 saturated carbocycles. The van der Waals surface area contributed by atoms with Crippen LogP contribution in [-0.4, -0.2) is 11.6 Å². The van der Waals surface area contributed by atoms with E-state index < -0.39 is 0 Å².